The molecule has 0 unspecified atom stereocenters. The molecule has 0 N–H and O–H groups in total. The number of hydrogen-bond acceptors (Lipinski definition) is 2. The Labute approximate surface area is 70.7 Å². The van der Waals surface area contributed by atoms with E-state index >= 15 is 0 Å². The van der Waals surface area contributed by atoms with Crippen LogP contribution in [0.25, 0.3) is 0 Å². The smallest absolute Gasteiger partial charge is 0.186 e. The van der Waals surface area contributed by atoms with Gasteiger partial charge in [-0.15, -0.1) is 0 Å². The Balaban J connectivity index is 3.42. The Morgan fingerprint density at radius 3 is 2.40 bits per heavy atom. The molecule has 0 aliphatic carbocycles. The minimum absolute atomic E-state index is 0.867. The van der Waals surface area contributed by atoms with Crippen molar-refractivity contribution in [2.75, 3.05) is 12.4 Å². The Morgan fingerprint density at radius 1 is 1.40 bits per heavy atom. The number of thiol groups is 1. The van der Waals surface area contributed by atoms with E-state index in [4.69, 9.17) is 4.43 Å². The van der Waals surface area contributed by atoms with Crippen molar-refractivity contribution in [3.63, 3.8) is 0 Å². The Hall–Kier alpha value is 0.527. The SMILES string of the molecule is CCO[Si](C)(C)CCCS. The Bertz CT molecular complexity index is 85.7. The normalized spacial score (nSPS) is 12.0. The predicted octanol–water partition coefficient (Wildman–Crippen LogP) is 2.55. The van der Waals surface area contributed by atoms with Crippen LogP contribution in [-0.2, 0) is 4.43 Å². The van der Waals surface area contributed by atoms with E-state index in [0.717, 1.165) is 12.4 Å². The van der Waals surface area contributed by atoms with Crippen molar-refractivity contribution < 1.29 is 4.43 Å². The van der Waals surface area contributed by atoms with E-state index < -0.39 is 8.32 Å². The van der Waals surface area contributed by atoms with Gasteiger partial charge in [-0.2, -0.15) is 12.6 Å². The molecule has 0 rings (SSSR count). The van der Waals surface area contributed by atoms with E-state index in [-0.39, 0.29) is 0 Å². The number of hydrogen-bond donors (Lipinski definition) is 1. The highest BCUT2D eigenvalue weighted by atomic mass is 32.1. The minimum atomic E-state index is -1.27. The molecule has 0 heterocycles. The van der Waals surface area contributed by atoms with Gasteiger partial charge in [0.15, 0.2) is 8.32 Å². The first kappa shape index (κ1) is 10.5. The van der Waals surface area contributed by atoms with Gasteiger partial charge in [0.1, 0.15) is 0 Å². The van der Waals surface area contributed by atoms with E-state index in [1.165, 1.54) is 12.5 Å². The van der Waals surface area contributed by atoms with E-state index in [9.17, 15) is 0 Å². The van der Waals surface area contributed by atoms with Gasteiger partial charge in [-0.1, -0.05) is 0 Å². The fourth-order valence-corrected chi connectivity index (χ4v) is 3.38. The van der Waals surface area contributed by atoms with Gasteiger partial charge in [0, 0.05) is 6.61 Å². The molecule has 0 saturated carbocycles. The molecule has 0 spiro atoms. The molecular formula is C7H18OSSi. The first-order valence-electron chi connectivity index (χ1n) is 3.87. The Kier molecular flexibility index (Phi) is 5.49. The zero-order chi connectivity index (χ0) is 8.04. The minimum Gasteiger partial charge on any atom is -0.418 e. The first-order valence-corrected chi connectivity index (χ1v) is 7.62. The highest BCUT2D eigenvalue weighted by Crippen LogP contribution is 2.13. The summed E-state index contributed by atoms with van der Waals surface area (Å²) in [7, 11) is -1.27. The summed E-state index contributed by atoms with van der Waals surface area (Å²) in [5, 5.41) is 0. The van der Waals surface area contributed by atoms with Crippen molar-refractivity contribution >= 4 is 20.9 Å². The maximum atomic E-state index is 5.64. The monoisotopic (exact) mass is 178 g/mol. The molecule has 0 saturated heterocycles. The third-order valence-electron chi connectivity index (χ3n) is 1.47. The molecule has 0 amide bonds. The van der Waals surface area contributed by atoms with Gasteiger partial charge in [-0.3, -0.25) is 0 Å². The lowest BCUT2D eigenvalue weighted by Crippen LogP contribution is -2.29. The van der Waals surface area contributed by atoms with Crippen molar-refractivity contribution in [1.29, 1.82) is 0 Å². The topological polar surface area (TPSA) is 9.23 Å². The van der Waals surface area contributed by atoms with Gasteiger partial charge in [-0.05, 0) is 38.2 Å². The van der Waals surface area contributed by atoms with Crippen LogP contribution in [0.1, 0.15) is 13.3 Å². The number of rotatable bonds is 5. The van der Waals surface area contributed by atoms with Gasteiger partial charge in [-0.25, -0.2) is 0 Å². The largest absolute Gasteiger partial charge is 0.418 e. The van der Waals surface area contributed by atoms with E-state index in [0.29, 0.717) is 0 Å². The van der Waals surface area contributed by atoms with Crippen molar-refractivity contribution in [3.05, 3.63) is 0 Å². The molecule has 3 heteroatoms. The van der Waals surface area contributed by atoms with Gasteiger partial charge in [0.25, 0.3) is 0 Å². The second-order valence-electron chi connectivity index (χ2n) is 3.02. The molecule has 10 heavy (non-hydrogen) atoms. The van der Waals surface area contributed by atoms with Gasteiger partial charge >= 0.3 is 0 Å². The van der Waals surface area contributed by atoms with Crippen molar-refractivity contribution in [1.82, 2.24) is 0 Å². The van der Waals surface area contributed by atoms with Crippen LogP contribution in [0.4, 0.5) is 0 Å². The lowest BCUT2D eigenvalue weighted by atomic mass is 10.6. The molecule has 0 atom stereocenters. The zero-order valence-corrected chi connectivity index (χ0v) is 9.08. The highest BCUT2D eigenvalue weighted by molar-refractivity contribution is 7.80. The third kappa shape index (κ3) is 5.32. The summed E-state index contributed by atoms with van der Waals surface area (Å²) in [6.45, 7) is 7.46. The Morgan fingerprint density at radius 2 is 2.00 bits per heavy atom. The van der Waals surface area contributed by atoms with E-state index in [2.05, 4.69) is 32.6 Å². The van der Waals surface area contributed by atoms with E-state index in [1.54, 1.807) is 0 Å². The predicted molar refractivity (Wildman–Crippen MR) is 52.4 cm³/mol. The zero-order valence-electron chi connectivity index (χ0n) is 7.18. The molecule has 0 aromatic carbocycles. The molecule has 0 bridgehead atoms. The van der Waals surface area contributed by atoms with Gasteiger partial charge in [0.05, 0.1) is 0 Å². The lowest BCUT2D eigenvalue weighted by Gasteiger charge is -2.20. The summed E-state index contributed by atoms with van der Waals surface area (Å²) >= 11 is 4.17. The summed E-state index contributed by atoms with van der Waals surface area (Å²) in [5.41, 5.74) is 0. The summed E-state index contributed by atoms with van der Waals surface area (Å²) in [4.78, 5) is 0. The molecule has 1 nitrogen and oxygen atoms in total. The molecule has 0 aliphatic heterocycles. The summed E-state index contributed by atoms with van der Waals surface area (Å²) in [5.74, 6) is 0.990. The quantitative estimate of drug-likeness (QED) is 0.503. The second-order valence-corrected chi connectivity index (χ2v) is 7.78. The molecule has 0 fully saturated rings. The molecule has 62 valence electrons. The first-order chi connectivity index (χ1) is 4.62. The molecule has 0 aliphatic rings. The molecule has 0 aromatic heterocycles. The average Bonchev–Trinajstić information content (AvgIpc) is 1.84. The molecular weight excluding hydrogens is 160 g/mol. The molecule has 0 radical (unpaired) electrons. The lowest BCUT2D eigenvalue weighted by molar-refractivity contribution is 0.328. The van der Waals surface area contributed by atoms with Crippen LogP contribution in [0.15, 0.2) is 0 Å². The summed E-state index contributed by atoms with van der Waals surface area (Å²) < 4.78 is 5.64. The fraction of sp³-hybridized carbons (Fsp3) is 1.00. The van der Waals surface area contributed by atoms with Crippen molar-refractivity contribution in [2.45, 2.75) is 32.5 Å². The van der Waals surface area contributed by atoms with Crippen LogP contribution < -0.4 is 0 Å². The van der Waals surface area contributed by atoms with Crippen LogP contribution in [-0.4, -0.2) is 20.7 Å². The van der Waals surface area contributed by atoms with Crippen molar-refractivity contribution in [3.8, 4) is 0 Å². The maximum Gasteiger partial charge on any atom is 0.186 e. The summed E-state index contributed by atoms with van der Waals surface area (Å²) in [6, 6.07) is 1.24. The van der Waals surface area contributed by atoms with Crippen LogP contribution >= 0.6 is 12.6 Å². The van der Waals surface area contributed by atoms with Crippen LogP contribution in [0.5, 0.6) is 0 Å². The van der Waals surface area contributed by atoms with Crippen LogP contribution in [0.3, 0.4) is 0 Å². The highest BCUT2D eigenvalue weighted by Gasteiger charge is 2.19. The maximum absolute atomic E-state index is 5.64. The summed E-state index contributed by atoms with van der Waals surface area (Å²) in [6.07, 6.45) is 1.20. The molecule has 0 aromatic rings. The average molecular weight is 178 g/mol. The van der Waals surface area contributed by atoms with Crippen LogP contribution in [0, 0.1) is 0 Å². The second kappa shape index (κ2) is 5.21. The van der Waals surface area contributed by atoms with Gasteiger partial charge < -0.3 is 4.43 Å². The fourth-order valence-electron chi connectivity index (χ4n) is 0.968. The van der Waals surface area contributed by atoms with Crippen molar-refractivity contribution in [2.24, 2.45) is 0 Å². The van der Waals surface area contributed by atoms with E-state index in [1.807, 2.05) is 0 Å². The van der Waals surface area contributed by atoms with Crippen LogP contribution in [0.2, 0.25) is 19.1 Å². The standard InChI is InChI=1S/C7H18OSSi/c1-4-8-10(2,3)7-5-6-9/h9H,4-7H2,1-3H3. The third-order valence-corrected chi connectivity index (χ3v) is 4.42. The van der Waals surface area contributed by atoms with Gasteiger partial charge in [0.2, 0.25) is 0 Å².